The van der Waals surface area contributed by atoms with Crippen LogP contribution in [-0.4, -0.2) is 14.6 Å². The van der Waals surface area contributed by atoms with E-state index in [0.717, 1.165) is 26.5 Å². The lowest BCUT2D eigenvalue weighted by atomic mass is 10.2. The molecule has 0 N–H and O–H groups in total. The molecule has 0 bridgehead atoms. The summed E-state index contributed by atoms with van der Waals surface area (Å²) in [5.74, 6) is 0.774. The molecule has 0 saturated heterocycles. The maximum absolute atomic E-state index is 4.49. The molecule has 2 aromatic heterocycles. The molecule has 0 aliphatic carbocycles. The second kappa shape index (κ2) is 3.68. The van der Waals surface area contributed by atoms with E-state index in [9.17, 15) is 0 Å². The number of fused-ring (bicyclic) bond motifs is 1. The van der Waals surface area contributed by atoms with Gasteiger partial charge in [0.05, 0.1) is 5.69 Å². The van der Waals surface area contributed by atoms with Gasteiger partial charge >= 0.3 is 0 Å². The maximum Gasteiger partial charge on any atom is 0.212 e. The van der Waals surface area contributed by atoms with Crippen molar-refractivity contribution in [2.24, 2.45) is 0 Å². The highest BCUT2D eigenvalue weighted by Gasteiger charge is 2.09. The molecule has 0 aliphatic rings. The van der Waals surface area contributed by atoms with Gasteiger partial charge < -0.3 is 0 Å². The lowest BCUT2D eigenvalue weighted by molar-refractivity contribution is 0.936. The van der Waals surface area contributed by atoms with E-state index in [2.05, 4.69) is 31.4 Å². The zero-order chi connectivity index (χ0) is 11.1. The van der Waals surface area contributed by atoms with Crippen LogP contribution in [0, 0.1) is 6.92 Å². The first-order valence-electron chi connectivity index (χ1n) is 4.81. The van der Waals surface area contributed by atoms with Gasteiger partial charge in [0.25, 0.3) is 0 Å². The first-order valence-corrected chi connectivity index (χ1v) is 6.48. The van der Waals surface area contributed by atoms with Gasteiger partial charge in [0, 0.05) is 15.4 Å². The van der Waals surface area contributed by atoms with Crippen LogP contribution in [0.4, 0.5) is 0 Å². The average Bonchev–Trinajstić information content (AvgIpc) is 2.81. The Kier molecular flexibility index (Phi) is 2.29. The molecule has 0 amide bonds. The average molecular weight is 294 g/mol. The van der Waals surface area contributed by atoms with Crippen molar-refractivity contribution in [1.29, 1.82) is 0 Å². The monoisotopic (exact) mass is 293 g/mol. The molecule has 3 rings (SSSR count). The number of aryl methyl sites for hydroxylation is 1. The Morgan fingerprint density at radius 2 is 2.25 bits per heavy atom. The number of hydrogen-bond donors (Lipinski definition) is 0. The van der Waals surface area contributed by atoms with Crippen molar-refractivity contribution in [1.82, 2.24) is 14.6 Å². The van der Waals surface area contributed by atoms with Gasteiger partial charge in [-0.3, -0.25) is 0 Å². The van der Waals surface area contributed by atoms with Gasteiger partial charge in [-0.15, -0.1) is 16.4 Å². The Bertz CT molecular complexity index is 656. The molecule has 1 aromatic carbocycles. The van der Waals surface area contributed by atoms with E-state index in [0.29, 0.717) is 0 Å². The van der Waals surface area contributed by atoms with Gasteiger partial charge in [0.15, 0.2) is 5.82 Å². The van der Waals surface area contributed by atoms with Crippen LogP contribution >= 0.6 is 27.3 Å². The number of thiazole rings is 1. The smallest absolute Gasteiger partial charge is 0.208 e. The predicted octanol–water partition coefficient (Wildman–Crippen LogP) is 3.53. The summed E-state index contributed by atoms with van der Waals surface area (Å²) in [6, 6.07) is 8.02. The van der Waals surface area contributed by atoms with Crippen molar-refractivity contribution in [2.75, 3.05) is 0 Å². The van der Waals surface area contributed by atoms with E-state index in [1.807, 2.05) is 35.7 Å². The number of hydrogen-bond acceptors (Lipinski definition) is 3. The molecule has 0 unspecified atom stereocenters. The standard InChI is InChI=1S/C11H8BrN3S/c1-7-6-16-11-13-10(14-15(7)11)8-3-2-4-9(12)5-8/h2-6H,1H3. The van der Waals surface area contributed by atoms with Gasteiger partial charge in [-0.1, -0.05) is 28.1 Å². The van der Waals surface area contributed by atoms with E-state index in [1.165, 1.54) is 0 Å². The van der Waals surface area contributed by atoms with Gasteiger partial charge in [0.2, 0.25) is 4.96 Å². The van der Waals surface area contributed by atoms with E-state index in [1.54, 1.807) is 11.3 Å². The minimum atomic E-state index is 0.774. The first kappa shape index (κ1) is 9.99. The van der Waals surface area contributed by atoms with Gasteiger partial charge in [-0.25, -0.2) is 4.52 Å². The third-order valence-corrected chi connectivity index (χ3v) is 3.76. The first-order chi connectivity index (χ1) is 7.74. The molecule has 16 heavy (non-hydrogen) atoms. The molecule has 0 radical (unpaired) electrons. The largest absolute Gasteiger partial charge is 0.212 e. The molecule has 0 atom stereocenters. The van der Waals surface area contributed by atoms with E-state index >= 15 is 0 Å². The van der Waals surface area contributed by atoms with E-state index in [-0.39, 0.29) is 0 Å². The summed E-state index contributed by atoms with van der Waals surface area (Å²) in [6.45, 7) is 2.03. The normalized spacial score (nSPS) is 11.1. The summed E-state index contributed by atoms with van der Waals surface area (Å²) in [5, 5.41) is 6.53. The fourth-order valence-corrected chi connectivity index (χ4v) is 2.74. The van der Waals surface area contributed by atoms with Crippen LogP contribution < -0.4 is 0 Å². The highest BCUT2D eigenvalue weighted by atomic mass is 79.9. The Labute approximate surface area is 105 Å². The topological polar surface area (TPSA) is 30.2 Å². The quantitative estimate of drug-likeness (QED) is 0.687. The Hall–Kier alpha value is -1.20. The highest BCUT2D eigenvalue weighted by molar-refractivity contribution is 9.10. The van der Waals surface area contributed by atoms with E-state index in [4.69, 9.17) is 0 Å². The van der Waals surface area contributed by atoms with Gasteiger partial charge in [-0.05, 0) is 19.1 Å². The van der Waals surface area contributed by atoms with Crippen molar-refractivity contribution in [3.05, 3.63) is 39.8 Å². The highest BCUT2D eigenvalue weighted by Crippen LogP contribution is 2.22. The molecular weight excluding hydrogens is 286 g/mol. The van der Waals surface area contributed by atoms with Gasteiger partial charge in [-0.2, -0.15) is 4.98 Å². The van der Waals surface area contributed by atoms with Crippen molar-refractivity contribution in [2.45, 2.75) is 6.92 Å². The maximum atomic E-state index is 4.49. The van der Waals surface area contributed by atoms with Crippen LogP contribution in [0.3, 0.4) is 0 Å². The number of benzene rings is 1. The number of halogens is 1. The zero-order valence-electron chi connectivity index (χ0n) is 8.51. The Balaban J connectivity index is 2.19. The third kappa shape index (κ3) is 1.56. The summed E-state index contributed by atoms with van der Waals surface area (Å²) in [4.78, 5) is 5.43. The van der Waals surface area contributed by atoms with Crippen LogP contribution in [0.1, 0.15) is 5.69 Å². The summed E-state index contributed by atoms with van der Waals surface area (Å²) >= 11 is 5.06. The number of nitrogens with zero attached hydrogens (tertiary/aromatic N) is 3. The fraction of sp³-hybridized carbons (Fsp3) is 0.0909. The van der Waals surface area contributed by atoms with Crippen LogP contribution in [0.15, 0.2) is 34.1 Å². The Morgan fingerprint density at radius 3 is 3.00 bits per heavy atom. The molecule has 0 spiro atoms. The second-order valence-corrected chi connectivity index (χ2v) is 5.27. The van der Waals surface area contributed by atoms with Crippen molar-refractivity contribution >= 4 is 32.2 Å². The van der Waals surface area contributed by atoms with Crippen molar-refractivity contribution < 1.29 is 0 Å². The van der Waals surface area contributed by atoms with Crippen molar-refractivity contribution in [3.63, 3.8) is 0 Å². The van der Waals surface area contributed by atoms with Crippen molar-refractivity contribution in [3.8, 4) is 11.4 Å². The predicted molar refractivity (Wildman–Crippen MR) is 68.7 cm³/mol. The minimum absolute atomic E-state index is 0.774. The van der Waals surface area contributed by atoms with E-state index < -0.39 is 0 Å². The van der Waals surface area contributed by atoms with Crippen LogP contribution in [-0.2, 0) is 0 Å². The zero-order valence-corrected chi connectivity index (χ0v) is 10.9. The summed E-state index contributed by atoms with van der Waals surface area (Å²) in [7, 11) is 0. The minimum Gasteiger partial charge on any atom is -0.208 e. The number of rotatable bonds is 1. The molecule has 0 fully saturated rings. The molecule has 80 valence electrons. The molecule has 3 nitrogen and oxygen atoms in total. The van der Waals surface area contributed by atoms with Crippen LogP contribution in [0.25, 0.3) is 16.3 Å². The van der Waals surface area contributed by atoms with Crippen LogP contribution in [0.5, 0.6) is 0 Å². The molecule has 2 heterocycles. The third-order valence-electron chi connectivity index (χ3n) is 2.33. The summed E-state index contributed by atoms with van der Waals surface area (Å²) < 4.78 is 2.92. The molecule has 3 aromatic rings. The molecular formula is C11H8BrN3S. The van der Waals surface area contributed by atoms with Gasteiger partial charge in [0.1, 0.15) is 0 Å². The molecule has 0 aliphatic heterocycles. The SMILES string of the molecule is Cc1csc2nc(-c3cccc(Br)c3)nn12. The fourth-order valence-electron chi connectivity index (χ4n) is 1.54. The summed E-state index contributed by atoms with van der Waals surface area (Å²) in [5.41, 5.74) is 2.15. The Morgan fingerprint density at radius 1 is 1.38 bits per heavy atom. The molecule has 0 saturated carbocycles. The lowest BCUT2D eigenvalue weighted by Gasteiger charge is -1.95. The number of aromatic nitrogens is 3. The second-order valence-electron chi connectivity index (χ2n) is 3.52. The lowest BCUT2D eigenvalue weighted by Crippen LogP contribution is -1.86. The molecule has 5 heteroatoms. The summed E-state index contributed by atoms with van der Waals surface area (Å²) in [6.07, 6.45) is 0. The van der Waals surface area contributed by atoms with Crippen LogP contribution in [0.2, 0.25) is 0 Å².